The van der Waals surface area contributed by atoms with E-state index in [2.05, 4.69) is 45.8 Å². The number of hydrogen-bond acceptors (Lipinski definition) is 8. The van der Waals surface area contributed by atoms with E-state index in [1.165, 1.54) is 0 Å². The Labute approximate surface area is 194 Å². The monoisotopic (exact) mass is 449 g/mol. The van der Waals surface area contributed by atoms with E-state index in [9.17, 15) is 4.79 Å². The van der Waals surface area contributed by atoms with Gasteiger partial charge in [-0.25, -0.2) is 9.97 Å². The van der Waals surface area contributed by atoms with Gasteiger partial charge < -0.3 is 9.64 Å². The average Bonchev–Trinajstić information content (AvgIpc) is 3.25. The Morgan fingerprint density at radius 1 is 1.24 bits per heavy atom. The quantitative estimate of drug-likeness (QED) is 0.519. The normalized spacial score (nSPS) is 15.4. The van der Waals surface area contributed by atoms with Gasteiger partial charge in [-0.15, -0.1) is 10.2 Å². The molecule has 0 saturated heterocycles. The number of fused-ring (bicyclic) bond motifs is 3. The number of aryl methyl sites for hydroxylation is 1. The summed E-state index contributed by atoms with van der Waals surface area (Å²) in [5.74, 6) is 2.12. The van der Waals surface area contributed by atoms with Crippen LogP contribution in [0.15, 0.2) is 31.0 Å². The fourth-order valence-corrected chi connectivity index (χ4v) is 4.24. The number of anilines is 1. The van der Waals surface area contributed by atoms with Crippen molar-refractivity contribution in [1.82, 2.24) is 29.7 Å². The van der Waals surface area contributed by atoms with Crippen LogP contribution in [0, 0.1) is 0 Å². The van der Waals surface area contributed by atoms with Crippen molar-refractivity contribution in [2.75, 3.05) is 4.90 Å². The van der Waals surface area contributed by atoms with Gasteiger partial charge in [-0.05, 0) is 59.1 Å². The number of rotatable bonds is 6. The summed E-state index contributed by atoms with van der Waals surface area (Å²) in [7, 11) is 0. The predicted octanol–water partition coefficient (Wildman–Crippen LogP) is 4.07. The molecule has 9 heteroatoms. The predicted molar refractivity (Wildman–Crippen MR) is 125 cm³/mol. The number of nitrogens with zero attached hydrogens (tertiary/aromatic N) is 7. The summed E-state index contributed by atoms with van der Waals surface area (Å²) in [5.41, 5.74) is 2.13. The Bertz CT molecular complexity index is 1150. The number of carbonyl (C=O) groups excluding carboxylic acids is 1. The lowest BCUT2D eigenvalue weighted by molar-refractivity contribution is -0.154. The first kappa shape index (κ1) is 22.8. The Hall–Kier alpha value is -3.36. The van der Waals surface area contributed by atoms with E-state index < -0.39 is 5.60 Å². The molecule has 1 aliphatic rings. The Morgan fingerprint density at radius 3 is 2.73 bits per heavy atom. The van der Waals surface area contributed by atoms with Crippen molar-refractivity contribution in [2.45, 2.75) is 78.5 Å². The van der Waals surface area contributed by atoms with E-state index in [0.717, 1.165) is 34.9 Å². The smallest absolute Gasteiger partial charge is 0.306 e. The van der Waals surface area contributed by atoms with Crippen LogP contribution in [0.4, 0.5) is 5.82 Å². The number of carbonyl (C=O) groups is 1. The van der Waals surface area contributed by atoms with E-state index in [0.29, 0.717) is 12.2 Å². The maximum Gasteiger partial charge on any atom is 0.306 e. The summed E-state index contributed by atoms with van der Waals surface area (Å²) in [4.78, 5) is 28.5. The highest BCUT2D eigenvalue weighted by molar-refractivity contribution is 5.72. The minimum atomic E-state index is -0.506. The number of aromatic nitrogens is 6. The van der Waals surface area contributed by atoms with Crippen LogP contribution in [0.25, 0.3) is 17.1 Å². The van der Waals surface area contributed by atoms with Crippen molar-refractivity contribution in [3.8, 4) is 17.1 Å². The molecule has 0 N–H and O–H groups in total. The second kappa shape index (κ2) is 8.88. The minimum Gasteiger partial charge on any atom is -0.460 e. The molecule has 0 amide bonds. The zero-order valence-electron chi connectivity index (χ0n) is 20.1. The van der Waals surface area contributed by atoms with Crippen molar-refractivity contribution < 1.29 is 9.53 Å². The van der Waals surface area contributed by atoms with Crippen molar-refractivity contribution in [3.05, 3.63) is 42.4 Å². The van der Waals surface area contributed by atoms with Gasteiger partial charge in [-0.1, -0.05) is 6.92 Å². The third-order valence-corrected chi connectivity index (χ3v) is 5.57. The molecule has 0 saturated carbocycles. The molecule has 33 heavy (non-hydrogen) atoms. The molecule has 0 radical (unpaired) electrons. The van der Waals surface area contributed by atoms with Gasteiger partial charge in [0.1, 0.15) is 17.6 Å². The molecule has 0 fully saturated rings. The van der Waals surface area contributed by atoms with Gasteiger partial charge in [0.2, 0.25) is 0 Å². The van der Waals surface area contributed by atoms with E-state index in [-0.39, 0.29) is 24.5 Å². The van der Waals surface area contributed by atoms with Crippen LogP contribution in [0.5, 0.6) is 0 Å². The molecule has 0 unspecified atom stereocenters. The lowest BCUT2D eigenvalue weighted by atomic mass is 10.0. The van der Waals surface area contributed by atoms with Crippen molar-refractivity contribution in [2.24, 2.45) is 0 Å². The van der Waals surface area contributed by atoms with Crippen LogP contribution in [0.3, 0.4) is 0 Å². The van der Waals surface area contributed by atoms with Gasteiger partial charge in [0.15, 0.2) is 17.5 Å². The number of esters is 1. The molecule has 3 aromatic rings. The Morgan fingerprint density at radius 2 is 2.03 bits per heavy atom. The van der Waals surface area contributed by atoms with Gasteiger partial charge in [0, 0.05) is 30.4 Å². The topological polar surface area (TPSA) is 98.9 Å². The molecule has 4 heterocycles. The van der Waals surface area contributed by atoms with Crippen LogP contribution in [-0.2, 0) is 16.0 Å². The molecule has 0 aromatic carbocycles. The van der Waals surface area contributed by atoms with Crippen LogP contribution in [-0.4, -0.2) is 47.3 Å². The summed E-state index contributed by atoms with van der Waals surface area (Å²) in [6, 6.07) is 2.19. The SMILES string of the molecule is CC[C@@H]1c2nncn2-c2cnc(-c3ccncc3CCC(=O)OC(C)(C)C)nc2N1C(C)C. The second-order valence-electron chi connectivity index (χ2n) is 9.51. The van der Waals surface area contributed by atoms with Gasteiger partial charge in [0.05, 0.1) is 12.2 Å². The standard InChI is InChI=1S/C24H31N7O2/c1-7-18-23-29-27-14-30(23)19-13-26-21(28-22(19)31(18)15(2)3)17-10-11-25-12-16(17)8-9-20(32)33-24(4,5)6/h10-15,18H,7-9H2,1-6H3/t18-/m1/s1. The molecular weight excluding hydrogens is 418 g/mol. The average molecular weight is 450 g/mol. The zero-order valence-corrected chi connectivity index (χ0v) is 20.1. The second-order valence-corrected chi connectivity index (χ2v) is 9.51. The number of hydrogen-bond donors (Lipinski definition) is 0. The highest BCUT2D eigenvalue weighted by Crippen LogP contribution is 2.39. The molecule has 0 aliphatic carbocycles. The third-order valence-electron chi connectivity index (χ3n) is 5.57. The number of ether oxygens (including phenoxy) is 1. The third kappa shape index (κ3) is 4.58. The van der Waals surface area contributed by atoms with Gasteiger partial charge in [-0.3, -0.25) is 14.3 Å². The molecule has 174 valence electrons. The van der Waals surface area contributed by atoms with Crippen LogP contribution in [0.2, 0.25) is 0 Å². The van der Waals surface area contributed by atoms with Crippen molar-refractivity contribution >= 4 is 11.8 Å². The largest absolute Gasteiger partial charge is 0.460 e. The molecule has 4 rings (SSSR count). The summed E-state index contributed by atoms with van der Waals surface area (Å²) in [6.45, 7) is 12.0. The fraction of sp³-hybridized carbons (Fsp3) is 0.500. The zero-order chi connectivity index (χ0) is 23.8. The van der Waals surface area contributed by atoms with Gasteiger partial charge >= 0.3 is 5.97 Å². The minimum absolute atomic E-state index is 0.0758. The number of pyridine rings is 1. The Kier molecular flexibility index (Phi) is 6.14. The molecule has 0 bridgehead atoms. The highest BCUT2D eigenvalue weighted by atomic mass is 16.6. The molecule has 1 atom stereocenters. The summed E-state index contributed by atoms with van der Waals surface area (Å²) in [5, 5.41) is 8.50. The maximum atomic E-state index is 12.3. The van der Waals surface area contributed by atoms with E-state index in [4.69, 9.17) is 9.72 Å². The summed E-state index contributed by atoms with van der Waals surface area (Å²) in [6.07, 6.45) is 8.68. The fourth-order valence-electron chi connectivity index (χ4n) is 4.24. The summed E-state index contributed by atoms with van der Waals surface area (Å²) >= 11 is 0. The highest BCUT2D eigenvalue weighted by Gasteiger charge is 2.35. The Balaban J connectivity index is 1.71. The molecule has 3 aromatic heterocycles. The van der Waals surface area contributed by atoms with E-state index >= 15 is 0 Å². The van der Waals surface area contributed by atoms with E-state index in [1.54, 1.807) is 18.7 Å². The van der Waals surface area contributed by atoms with E-state index in [1.807, 2.05) is 37.6 Å². The first-order valence-corrected chi connectivity index (χ1v) is 11.4. The van der Waals surface area contributed by atoms with Crippen LogP contribution in [0.1, 0.15) is 71.8 Å². The van der Waals surface area contributed by atoms with Gasteiger partial charge in [-0.2, -0.15) is 0 Å². The molecule has 9 nitrogen and oxygen atoms in total. The first-order valence-electron chi connectivity index (χ1n) is 11.4. The van der Waals surface area contributed by atoms with Crippen LogP contribution < -0.4 is 4.90 Å². The van der Waals surface area contributed by atoms with Crippen LogP contribution >= 0.6 is 0 Å². The lowest BCUT2D eigenvalue weighted by Crippen LogP contribution is -2.40. The first-order chi connectivity index (χ1) is 15.7. The van der Waals surface area contributed by atoms with Crippen molar-refractivity contribution in [3.63, 3.8) is 0 Å². The molecule has 0 spiro atoms. The van der Waals surface area contributed by atoms with Crippen molar-refractivity contribution in [1.29, 1.82) is 0 Å². The molecular formula is C24H31N7O2. The maximum absolute atomic E-state index is 12.3. The lowest BCUT2D eigenvalue weighted by Gasteiger charge is -2.39. The molecule has 1 aliphatic heterocycles. The summed E-state index contributed by atoms with van der Waals surface area (Å²) < 4.78 is 7.43. The van der Waals surface area contributed by atoms with Gasteiger partial charge in [0.25, 0.3) is 0 Å².